The average molecular weight is 558 g/mol. The molecule has 40 heavy (non-hydrogen) atoms. The Balaban J connectivity index is 1.95. The number of hydrogen-bond donors (Lipinski definition) is 2. The van der Waals surface area contributed by atoms with Crippen molar-refractivity contribution in [3.8, 4) is 6.01 Å². The van der Waals surface area contributed by atoms with Crippen LogP contribution in [-0.2, 0) is 4.84 Å². The zero-order valence-corrected chi connectivity index (χ0v) is 26.6. The molecule has 0 unspecified atom stereocenters. The third-order valence-corrected chi connectivity index (χ3v) is 7.77. The summed E-state index contributed by atoms with van der Waals surface area (Å²) in [5, 5.41) is 9.20. The molecule has 2 aliphatic rings. The van der Waals surface area contributed by atoms with Gasteiger partial charge >= 0.3 is 6.01 Å². The van der Waals surface area contributed by atoms with Crippen LogP contribution >= 0.6 is 0 Å². The topological polar surface area (TPSA) is 87.7 Å². The van der Waals surface area contributed by atoms with Crippen LogP contribution in [0.1, 0.15) is 101 Å². The Bertz CT molecular complexity index is 973. The highest BCUT2D eigenvalue weighted by Gasteiger charge is 2.48. The maximum absolute atomic E-state index is 6.60. The average Bonchev–Trinajstić information content (AvgIpc) is 2.79. The molecule has 226 valence electrons. The van der Waals surface area contributed by atoms with Gasteiger partial charge in [0.2, 0.25) is 11.9 Å². The van der Waals surface area contributed by atoms with Crippen LogP contribution in [0.15, 0.2) is 25.3 Å². The van der Waals surface area contributed by atoms with E-state index in [1.54, 1.807) is 12.2 Å². The number of hydroxylamine groups is 2. The highest BCUT2D eigenvalue weighted by molar-refractivity contribution is 5.40. The predicted octanol–water partition coefficient (Wildman–Crippen LogP) is 5.90. The number of ether oxygens (including phenoxy) is 1. The molecule has 3 heterocycles. The van der Waals surface area contributed by atoms with Crippen molar-refractivity contribution in [3.63, 3.8) is 0 Å². The fourth-order valence-electron chi connectivity index (χ4n) is 6.91. The summed E-state index contributed by atoms with van der Waals surface area (Å²) in [6.45, 7) is 29.7. The lowest BCUT2D eigenvalue weighted by Gasteiger charge is -2.53. The summed E-state index contributed by atoms with van der Waals surface area (Å²) in [5.41, 5.74) is -0.471. The molecule has 0 amide bonds. The van der Waals surface area contributed by atoms with Crippen molar-refractivity contribution in [1.82, 2.24) is 25.3 Å². The molecule has 0 saturated carbocycles. The largest absolute Gasteiger partial charge is 0.460 e. The van der Waals surface area contributed by atoms with Crippen molar-refractivity contribution >= 4 is 11.9 Å². The van der Waals surface area contributed by atoms with Crippen LogP contribution in [-0.4, -0.2) is 74.0 Å². The number of piperidine rings is 2. The Morgan fingerprint density at radius 1 is 0.950 bits per heavy atom. The summed E-state index contributed by atoms with van der Waals surface area (Å²) in [4.78, 5) is 23.0. The molecule has 9 heteroatoms. The molecule has 2 aliphatic heterocycles. The molecule has 1 aromatic rings. The summed E-state index contributed by atoms with van der Waals surface area (Å²) in [5.74, 6) is 1.19. The maximum atomic E-state index is 6.60. The number of aromatic nitrogens is 3. The van der Waals surface area contributed by atoms with Gasteiger partial charge in [0.05, 0.1) is 6.61 Å². The number of anilines is 2. The van der Waals surface area contributed by atoms with E-state index in [1.165, 1.54) is 0 Å². The summed E-state index contributed by atoms with van der Waals surface area (Å²) in [7, 11) is 0. The summed E-state index contributed by atoms with van der Waals surface area (Å²) in [6, 6.07) is 0.658. The molecule has 0 spiro atoms. The number of nitrogens with one attached hydrogen (secondary N) is 2. The van der Waals surface area contributed by atoms with Crippen molar-refractivity contribution in [3.05, 3.63) is 25.3 Å². The van der Waals surface area contributed by atoms with Gasteiger partial charge in [0.25, 0.3) is 0 Å². The van der Waals surface area contributed by atoms with Gasteiger partial charge in [-0.15, -0.1) is 13.2 Å². The van der Waals surface area contributed by atoms with E-state index in [2.05, 4.69) is 96.1 Å². The first-order valence-electron chi connectivity index (χ1n) is 15.0. The van der Waals surface area contributed by atoms with Crippen molar-refractivity contribution in [2.45, 2.75) is 135 Å². The monoisotopic (exact) mass is 557 g/mol. The second-order valence-electron chi connectivity index (χ2n) is 14.1. The van der Waals surface area contributed by atoms with Gasteiger partial charge < -0.3 is 20.3 Å². The van der Waals surface area contributed by atoms with E-state index in [0.29, 0.717) is 37.1 Å². The molecule has 0 aliphatic carbocycles. The second-order valence-corrected chi connectivity index (χ2v) is 14.1. The molecule has 0 aromatic carbocycles. The Morgan fingerprint density at radius 3 is 2.12 bits per heavy atom. The Kier molecular flexibility index (Phi) is 10.3. The fourth-order valence-corrected chi connectivity index (χ4v) is 6.91. The van der Waals surface area contributed by atoms with E-state index in [-0.39, 0.29) is 28.3 Å². The first-order valence-corrected chi connectivity index (χ1v) is 15.0. The van der Waals surface area contributed by atoms with Crippen LogP contribution in [0.25, 0.3) is 0 Å². The maximum Gasteiger partial charge on any atom is 0.323 e. The zero-order chi connectivity index (χ0) is 29.8. The lowest BCUT2D eigenvalue weighted by molar-refractivity contribution is -0.284. The van der Waals surface area contributed by atoms with E-state index < -0.39 is 0 Å². The predicted molar refractivity (Wildman–Crippen MR) is 165 cm³/mol. The van der Waals surface area contributed by atoms with Gasteiger partial charge in [0.15, 0.2) is 0 Å². The minimum atomic E-state index is -0.241. The summed E-state index contributed by atoms with van der Waals surface area (Å²) < 4.78 is 6.60. The van der Waals surface area contributed by atoms with Crippen LogP contribution in [0.2, 0.25) is 0 Å². The van der Waals surface area contributed by atoms with Crippen LogP contribution in [0.4, 0.5) is 11.9 Å². The fraction of sp³-hybridized carbons (Fsp3) is 0.774. The SMILES string of the molecule is C=CCNc1nc(OC2CC(C)(C)N(OCC=C)C(C)(C)C2)nc(N(CCCC)C2CC(C)(C)NC(C)(C)C2)n1. The Morgan fingerprint density at radius 2 is 1.57 bits per heavy atom. The molecule has 0 radical (unpaired) electrons. The highest BCUT2D eigenvalue weighted by atomic mass is 16.7. The van der Waals surface area contributed by atoms with Gasteiger partial charge in [0.1, 0.15) is 6.10 Å². The zero-order valence-electron chi connectivity index (χ0n) is 26.6. The molecule has 3 rings (SSSR count). The van der Waals surface area contributed by atoms with E-state index >= 15 is 0 Å². The smallest absolute Gasteiger partial charge is 0.323 e. The molecule has 2 N–H and O–H groups in total. The van der Waals surface area contributed by atoms with Crippen molar-refractivity contribution in [1.29, 1.82) is 0 Å². The third-order valence-electron chi connectivity index (χ3n) is 7.77. The van der Waals surface area contributed by atoms with Gasteiger partial charge in [-0.2, -0.15) is 20.0 Å². The molecule has 0 atom stereocenters. The molecule has 2 fully saturated rings. The molecular weight excluding hydrogens is 502 g/mol. The van der Waals surface area contributed by atoms with Gasteiger partial charge in [-0.05, 0) is 74.7 Å². The van der Waals surface area contributed by atoms with E-state index in [0.717, 1.165) is 45.1 Å². The van der Waals surface area contributed by atoms with Crippen molar-refractivity contribution < 1.29 is 9.57 Å². The van der Waals surface area contributed by atoms with Gasteiger partial charge in [-0.1, -0.05) is 25.5 Å². The van der Waals surface area contributed by atoms with E-state index in [4.69, 9.17) is 24.5 Å². The van der Waals surface area contributed by atoms with Gasteiger partial charge in [-0.3, -0.25) is 4.84 Å². The van der Waals surface area contributed by atoms with Crippen molar-refractivity contribution in [2.24, 2.45) is 0 Å². The molecule has 2 saturated heterocycles. The summed E-state index contributed by atoms with van der Waals surface area (Å²) >= 11 is 0. The standard InChI is InChI=1S/C31H55N7O2/c1-12-15-17-37(23-19-28(4,5)36-29(6,7)20-23)26-33-25(32-16-13-2)34-27(35-26)40-24-21-30(8,9)38(39-18-14-3)31(10,11)22-24/h13-14,23-24,36H,2-3,12,15-22H2,1,4-11H3,(H,32,33,34,35). The van der Waals surface area contributed by atoms with E-state index in [1.807, 2.05) is 0 Å². The number of rotatable bonds is 13. The normalized spacial score (nSPS) is 22.4. The first-order chi connectivity index (χ1) is 18.6. The third kappa shape index (κ3) is 8.40. The lowest BCUT2D eigenvalue weighted by atomic mass is 9.79. The summed E-state index contributed by atoms with van der Waals surface area (Å²) in [6.07, 6.45) is 9.24. The molecule has 0 bridgehead atoms. The lowest BCUT2D eigenvalue weighted by Crippen LogP contribution is -2.62. The van der Waals surface area contributed by atoms with Gasteiger partial charge in [0, 0.05) is 54.1 Å². The Labute approximate surface area is 243 Å². The first kappa shape index (κ1) is 32.3. The minimum Gasteiger partial charge on any atom is -0.460 e. The highest BCUT2D eigenvalue weighted by Crippen LogP contribution is 2.40. The van der Waals surface area contributed by atoms with Crippen LogP contribution < -0.4 is 20.3 Å². The van der Waals surface area contributed by atoms with Crippen LogP contribution in [0.5, 0.6) is 6.01 Å². The number of hydrogen-bond acceptors (Lipinski definition) is 9. The van der Waals surface area contributed by atoms with Crippen LogP contribution in [0.3, 0.4) is 0 Å². The van der Waals surface area contributed by atoms with Crippen molar-refractivity contribution in [2.75, 3.05) is 29.9 Å². The molecular formula is C31H55N7O2. The second kappa shape index (κ2) is 12.7. The van der Waals surface area contributed by atoms with Crippen LogP contribution in [0, 0.1) is 0 Å². The molecule has 9 nitrogen and oxygen atoms in total. The number of unbranched alkanes of at least 4 members (excludes halogenated alkanes) is 1. The minimum absolute atomic E-state index is 0.00592. The number of nitrogens with zero attached hydrogens (tertiary/aromatic N) is 5. The molecule has 1 aromatic heterocycles. The Hall–Kier alpha value is -2.23. The quantitative estimate of drug-likeness (QED) is 0.288. The van der Waals surface area contributed by atoms with E-state index in [9.17, 15) is 0 Å². The van der Waals surface area contributed by atoms with Gasteiger partial charge in [-0.25, -0.2) is 0 Å².